The lowest BCUT2D eigenvalue weighted by molar-refractivity contribution is -0.137. The monoisotopic (exact) mass is 392 g/mol. The second kappa shape index (κ2) is 9.77. The number of nitrogens with zero attached hydrogens (tertiary/aromatic N) is 1. The van der Waals surface area contributed by atoms with Crippen LogP contribution in [0.3, 0.4) is 0 Å². The largest absolute Gasteiger partial charge is 0.416 e. The maximum absolute atomic E-state index is 12.6. The van der Waals surface area contributed by atoms with Gasteiger partial charge in [-0.3, -0.25) is 9.79 Å². The molecule has 0 saturated carbocycles. The molecule has 0 bridgehead atoms. The zero-order valence-corrected chi connectivity index (χ0v) is 15.7. The molecule has 28 heavy (non-hydrogen) atoms. The lowest BCUT2D eigenvalue weighted by Crippen LogP contribution is -2.37. The van der Waals surface area contributed by atoms with E-state index in [1.165, 1.54) is 12.1 Å². The van der Waals surface area contributed by atoms with Gasteiger partial charge in [0.15, 0.2) is 5.96 Å². The van der Waals surface area contributed by atoms with Gasteiger partial charge in [-0.25, -0.2) is 0 Å². The van der Waals surface area contributed by atoms with Crippen LogP contribution in [0.5, 0.6) is 0 Å². The summed E-state index contributed by atoms with van der Waals surface area (Å²) in [5, 5.41) is 8.85. The average molecular weight is 392 g/mol. The van der Waals surface area contributed by atoms with Gasteiger partial charge < -0.3 is 16.0 Å². The third-order valence-electron chi connectivity index (χ3n) is 4.11. The Morgan fingerprint density at radius 1 is 0.964 bits per heavy atom. The van der Waals surface area contributed by atoms with Gasteiger partial charge in [0.05, 0.1) is 5.56 Å². The highest BCUT2D eigenvalue weighted by Crippen LogP contribution is 2.29. The number of carbonyl (C=O) groups excluding carboxylic acids is 1. The lowest BCUT2D eigenvalue weighted by Gasteiger charge is -2.12. The summed E-state index contributed by atoms with van der Waals surface area (Å²) in [5.41, 5.74) is 1.73. The first-order valence-electron chi connectivity index (χ1n) is 8.75. The number of rotatable bonds is 6. The molecule has 2 aromatic rings. The van der Waals surface area contributed by atoms with E-state index in [-0.39, 0.29) is 5.91 Å². The zero-order chi connectivity index (χ0) is 20.6. The van der Waals surface area contributed by atoms with Gasteiger partial charge in [-0.2, -0.15) is 13.2 Å². The summed E-state index contributed by atoms with van der Waals surface area (Å²) in [7, 11) is 3.22. The van der Waals surface area contributed by atoms with Crippen LogP contribution in [0.4, 0.5) is 13.2 Å². The molecule has 2 aromatic carbocycles. The molecule has 0 aliphatic rings. The Labute approximate surface area is 162 Å². The molecule has 0 radical (unpaired) electrons. The molecule has 150 valence electrons. The Morgan fingerprint density at radius 2 is 1.57 bits per heavy atom. The fourth-order valence-corrected chi connectivity index (χ4v) is 2.51. The first-order chi connectivity index (χ1) is 13.3. The van der Waals surface area contributed by atoms with Crippen LogP contribution in [0, 0.1) is 0 Å². The number of carbonyl (C=O) groups is 1. The minimum atomic E-state index is -4.32. The van der Waals surface area contributed by atoms with Crippen LogP contribution in [0.25, 0.3) is 0 Å². The maximum Gasteiger partial charge on any atom is 0.416 e. The lowest BCUT2D eigenvalue weighted by atomic mass is 10.1. The highest BCUT2D eigenvalue weighted by atomic mass is 19.4. The number of aliphatic imine (C=N–C) groups is 1. The Bertz CT molecular complexity index is 800. The minimum Gasteiger partial charge on any atom is -0.356 e. The van der Waals surface area contributed by atoms with E-state index in [0.29, 0.717) is 31.0 Å². The third-order valence-corrected chi connectivity index (χ3v) is 4.11. The molecule has 0 aliphatic heterocycles. The minimum absolute atomic E-state index is 0.139. The van der Waals surface area contributed by atoms with Crippen molar-refractivity contribution < 1.29 is 18.0 Å². The van der Waals surface area contributed by atoms with Gasteiger partial charge >= 0.3 is 6.18 Å². The van der Waals surface area contributed by atoms with Gasteiger partial charge in [-0.05, 0) is 41.8 Å². The summed E-state index contributed by atoms with van der Waals surface area (Å²) < 4.78 is 37.7. The van der Waals surface area contributed by atoms with Crippen molar-refractivity contribution in [1.29, 1.82) is 0 Å². The van der Waals surface area contributed by atoms with Crippen molar-refractivity contribution in [3.63, 3.8) is 0 Å². The quantitative estimate of drug-likeness (QED) is 0.523. The first kappa shape index (κ1) is 21.3. The van der Waals surface area contributed by atoms with Gasteiger partial charge in [0.2, 0.25) is 0 Å². The van der Waals surface area contributed by atoms with Crippen molar-refractivity contribution in [3.05, 3.63) is 70.8 Å². The first-order valence-corrected chi connectivity index (χ1v) is 8.75. The smallest absolute Gasteiger partial charge is 0.356 e. The normalized spacial score (nSPS) is 11.8. The molecule has 5 nitrogen and oxygen atoms in total. The molecule has 0 spiro atoms. The number of hydrogen-bond acceptors (Lipinski definition) is 2. The summed E-state index contributed by atoms with van der Waals surface area (Å²) in [6.45, 7) is 1.05. The highest BCUT2D eigenvalue weighted by molar-refractivity contribution is 5.93. The molecule has 0 fully saturated rings. The molecule has 0 unspecified atom stereocenters. The van der Waals surface area contributed by atoms with Crippen LogP contribution in [0.1, 0.15) is 27.0 Å². The van der Waals surface area contributed by atoms with Crippen LogP contribution < -0.4 is 16.0 Å². The van der Waals surface area contributed by atoms with Gasteiger partial charge in [-0.15, -0.1) is 0 Å². The number of halogens is 3. The molecule has 2 rings (SSSR count). The van der Waals surface area contributed by atoms with Gasteiger partial charge in [0.1, 0.15) is 0 Å². The number of hydrogen-bond donors (Lipinski definition) is 3. The van der Waals surface area contributed by atoms with E-state index in [4.69, 9.17) is 0 Å². The summed E-state index contributed by atoms with van der Waals surface area (Å²) in [6.07, 6.45) is -3.75. The fraction of sp³-hybridized carbons (Fsp3) is 0.300. The van der Waals surface area contributed by atoms with Crippen molar-refractivity contribution in [2.24, 2.45) is 4.99 Å². The fourth-order valence-electron chi connectivity index (χ4n) is 2.51. The number of guanidine groups is 1. The van der Waals surface area contributed by atoms with Crippen molar-refractivity contribution in [3.8, 4) is 0 Å². The molecule has 8 heteroatoms. The van der Waals surface area contributed by atoms with Crippen LogP contribution in [0.15, 0.2) is 53.5 Å². The Hall–Kier alpha value is -3.03. The SMILES string of the molecule is CN=C(NCCc1ccc(C(F)(F)F)cc1)NCc1ccc(C(=O)NC)cc1. The van der Waals surface area contributed by atoms with Gasteiger partial charge in [0.25, 0.3) is 5.91 Å². The van der Waals surface area contributed by atoms with Crippen LogP contribution in [-0.4, -0.2) is 32.5 Å². The maximum atomic E-state index is 12.6. The number of benzene rings is 2. The molecule has 3 N–H and O–H groups in total. The zero-order valence-electron chi connectivity index (χ0n) is 15.7. The molecular formula is C20H23F3N4O. The van der Waals surface area contributed by atoms with E-state index in [2.05, 4.69) is 20.9 Å². The van der Waals surface area contributed by atoms with Crippen LogP contribution in [-0.2, 0) is 19.1 Å². The van der Waals surface area contributed by atoms with Crippen molar-refractivity contribution in [1.82, 2.24) is 16.0 Å². The standard InChI is InChI=1S/C20H23F3N4O/c1-24-18(28)16-7-3-15(4-8-16)13-27-19(25-2)26-12-11-14-5-9-17(10-6-14)20(21,22)23/h3-10H,11-13H2,1-2H3,(H,24,28)(H2,25,26,27). The second-order valence-corrected chi connectivity index (χ2v) is 6.07. The molecule has 0 heterocycles. The van der Waals surface area contributed by atoms with E-state index >= 15 is 0 Å². The van der Waals surface area contributed by atoms with Crippen LogP contribution >= 0.6 is 0 Å². The predicted octanol–water partition coefficient (Wildman–Crippen LogP) is 2.97. The third kappa shape index (κ3) is 6.29. The summed E-state index contributed by atoms with van der Waals surface area (Å²) >= 11 is 0. The van der Waals surface area contributed by atoms with E-state index in [1.807, 2.05) is 12.1 Å². The molecule has 0 atom stereocenters. The molecular weight excluding hydrogens is 369 g/mol. The Balaban J connectivity index is 1.79. The summed E-state index contributed by atoms with van der Waals surface area (Å²) in [4.78, 5) is 15.6. The van der Waals surface area contributed by atoms with E-state index in [9.17, 15) is 18.0 Å². The van der Waals surface area contributed by atoms with Crippen LogP contribution in [0.2, 0.25) is 0 Å². The summed E-state index contributed by atoms with van der Waals surface area (Å²) in [5.74, 6) is 0.447. The van der Waals surface area contributed by atoms with E-state index < -0.39 is 11.7 Å². The van der Waals surface area contributed by atoms with E-state index in [0.717, 1.165) is 23.3 Å². The molecule has 0 saturated heterocycles. The van der Waals surface area contributed by atoms with Crippen molar-refractivity contribution in [2.45, 2.75) is 19.1 Å². The van der Waals surface area contributed by atoms with Gasteiger partial charge in [0, 0.05) is 32.7 Å². The topological polar surface area (TPSA) is 65.5 Å². The number of amides is 1. The van der Waals surface area contributed by atoms with Crippen molar-refractivity contribution in [2.75, 3.05) is 20.6 Å². The molecule has 0 aromatic heterocycles. The van der Waals surface area contributed by atoms with Gasteiger partial charge in [-0.1, -0.05) is 24.3 Å². The average Bonchev–Trinajstić information content (AvgIpc) is 2.70. The van der Waals surface area contributed by atoms with E-state index in [1.54, 1.807) is 26.2 Å². The van der Waals surface area contributed by atoms with Crippen molar-refractivity contribution >= 4 is 11.9 Å². The molecule has 0 aliphatic carbocycles. The Morgan fingerprint density at radius 3 is 2.11 bits per heavy atom. The molecule has 1 amide bonds. The number of alkyl halides is 3. The second-order valence-electron chi connectivity index (χ2n) is 6.07. The Kier molecular flexibility index (Phi) is 7.43. The predicted molar refractivity (Wildman–Crippen MR) is 103 cm³/mol. The number of nitrogens with one attached hydrogen (secondary N) is 3. The highest BCUT2D eigenvalue weighted by Gasteiger charge is 2.29. The summed E-state index contributed by atoms with van der Waals surface area (Å²) in [6, 6.07) is 12.3.